The van der Waals surface area contributed by atoms with Crippen LogP contribution in [0.25, 0.3) is 11.4 Å². The lowest BCUT2D eigenvalue weighted by Gasteiger charge is -2.03. The van der Waals surface area contributed by atoms with E-state index in [4.69, 9.17) is 0 Å². The van der Waals surface area contributed by atoms with E-state index >= 15 is 0 Å². The average Bonchev–Trinajstić information content (AvgIpc) is 2.40. The Kier molecular flexibility index (Phi) is 4.45. The molecule has 0 amide bonds. The first kappa shape index (κ1) is 12.5. The van der Waals surface area contributed by atoms with Crippen LogP contribution >= 0.6 is 25.3 Å². The lowest BCUT2D eigenvalue weighted by molar-refractivity contribution is 1.11. The van der Waals surface area contributed by atoms with Crippen molar-refractivity contribution >= 4 is 25.3 Å². The van der Waals surface area contributed by atoms with Crippen LogP contribution in [0.1, 0.15) is 11.1 Å². The van der Waals surface area contributed by atoms with Crippen molar-refractivity contribution in [2.45, 2.75) is 12.2 Å². The van der Waals surface area contributed by atoms with Gasteiger partial charge in [0.1, 0.15) is 0 Å². The summed E-state index contributed by atoms with van der Waals surface area (Å²) in [4.78, 5) is 8.74. The number of hydrogen-bond donors (Lipinski definition) is 2. The molecule has 0 N–H and O–H groups in total. The van der Waals surface area contributed by atoms with Crippen molar-refractivity contribution in [3.63, 3.8) is 0 Å². The summed E-state index contributed by atoms with van der Waals surface area (Å²) < 4.78 is 0. The first-order valence-corrected chi connectivity index (χ1v) is 6.72. The molecule has 0 saturated heterocycles. The van der Waals surface area contributed by atoms with Gasteiger partial charge in [-0.15, -0.1) is 0 Å². The van der Waals surface area contributed by atoms with Gasteiger partial charge in [0.05, 0.1) is 11.4 Å². The van der Waals surface area contributed by atoms with Crippen LogP contribution in [0.3, 0.4) is 0 Å². The summed E-state index contributed by atoms with van der Waals surface area (Å²) >= 11 is 8.46. The fourth-order valence-electron chi connectivity index (χ4n) is 1.57. The Labute approximate surface area is 112 Å². The third kappa shape index (κ3) is 3.23. The van der Waals surface area contributed by atoms with Gasteiger partial charge in [0.2, 0.25) is 0 Å². The minimum absolute atomic E-state index is 0.716. The van der Waals surface area contributed by atoms with E-state index in [1.807, 2.05) is 24.4 Å². The van der Waals surface area contributed by atoms with Crippen LogP contribution in [-0.4, -0.2) is 15.7 Å². The van der Waals surface area contributed by atoms with Gasteiger partial charge in [0.15, 0.2) is 0 Å². The number of nitrogens with zero attached hydrogens (tertiary/aromatic N) is 2. The molecule has 0 unspecified atom stereocenters. The van der Waals surface area contributed by atoms with E-state index < -0.39 is 0 Å². The number of thiol groups is 2. The molecule has 0 aliphatic heterocycles. The van der Waals surface area contributed by atoms with Gasteiger partial charge in [-0.3, -0.25) is 9.97 Å². The average molecular weight is 262 g/mol. The molecule has 0 saturated carbocycles. The highest BCUT2D eigenvalue weighted by Crippen LogP contribution is 2.16. The Morgan fingerprint density at radius 1 is 0.941 bits per heavy atom. The van der Waals surface area contributed by atoms with E-state index in [0.717, 1.165) is 29.1 Å². The lowest BCUT2D eigenvalue weighted by atomic mass is 10.1. The van der Waals surface area contributed by atoms with Crippen molar-refractivity contribution in [3.05, 3.63) is 47.8 Å². The van der Waals surface area contributed by atoms with E-state index in [2.05, 4.69) is 41.3 Å². The molecule has 0 radical (unpaired) electrons. The number of pyridine rings is 2. The molecule has 2 aromatic rings. The van der Waals surface area contributed by atoms with Crippen LogP contribution in [0.4, 0.5) is 0 Å². The SMILES string of the molecule is SCCc1ccc(-c2cc(CS)ccn2)nc1. The molecule has 2 heterocycles. The van der Waals surface area contributed by atoms with Gasteiger partial charge < -0.3 is 0 Å². The maximum absolute atomic E-state index is 4.42. The second kappa shape index (κ2) is 6.07. The van der Waals surface area contributed by atoms with Gasteiger partial charge in [0, 0.05) is 18.1 Å². The summed E-state index contributed by atoms with van der Waals surface area (Å²) in [6.45, 7) is 0. The summed E-state index contributed by atoms with van der Waals surface area (Å²) in [5, 5.41) is 0. The van der Waals surface area contributed by atoms with Crippen LogP contribution < -0.4 is 0 Å². The second-order valence-corrected chi connectivity index (χ2v) is 4.50. The molecule has 17 heavy (non-hydrogen) atoms. The predicted molar refractivity (Wildman–Crippen MR) is 77.7 cm³/mol. The van der Waals surface area contributed by atoms with E-state index in [9.17, 15) is 0 Å². The summed E-state index contributed by atoms with van der Waals surface area (Å²) in [7, 11) is 0. The molecule has 88 valence electrons. The zero-order valence-corrected chi connectivity index (χ0v) is 11.2. The van der Waals surface area contributed by atoms with E-state index in [1.165, 1.54) is 5.56 Å². The number of hydrogen-bond acceptors (Lipinski definition) is 4. The molecular formula is C13H14N2S2. The van der Waals surface area contributed by atoms with Crippen molar-refractivity contribution in [1.82, 2.24) is 9.97 Å². The monoisotopic (exact) mass is 262 g/mol. The van der Waals surface area contributed by atoms with Crippen molar-refractivity contribution in [2.75, 3.05) is 5.75 Å². The third-order valence-corrected chi connectivity index (χ3v) is 3.08. The normalized spacial score (nSPS) is 10.5. The minimum Gasteiger partial charge on any atom is -0.255 e. The molecule has 0 bridgehead atoms. The highest BCUT2D eigenvalue weighted by molar-refractivity contribution is 7.80. The topological polar surface area (TPSA) is 25.8 Å². The highest BCUT2D eigenvalue weighted by atomic mass is 32.1. The summed E-state index contributed by atoms with van der Waals surface area (Å²) in [6, 6.07) is 8.07. The van der Waals surface area contributed by atoms with E-state index in [-0.39, 0.29) is 0 Å². The van der Waals surface area contributed by atoms with Gasteiger partial charge in [-0.2, -0.15) is 25.3 Å². The molecular weight excluding hydrogens is 248 g/mol. The first-order valence-electron chi connectivity index (χ1n) is 5.45. The molecule has 4 heteroatoms. The summed E-state index contributed by atoms with van der Waals surface area (Å²) in [6.07, 6.45) is 4.63. The minimum atomic E-state index is 0.716. The molecule has 0 aromatic carbocycles. The smallest absolute Gasteiger partial charge is 0.0889 e. The molecule has 0 aliphatic rings. The number of aromatic nitrogens is 2. The first-order chi connectivity index (χ1) is 8.33. The van der Waals surface area contributed by atoms with Crippen LogP contribution in [-0.2, 0) is 12.2 Å². The standard InChI is InChI=1S/C13H14N2S2/c16-6-4-10-1-2-12(15-8-10)13-7-11(9-17)3-5-14-13/h1-3,5,7-8,16-17H,4,6,9H2. The number of rotatable bonds is 4. The summed E-state index contributed by atoms with van der Waals surface area (Å²) in [5.74, 6) is 1.56. The molecule has 0 fully saturated rings. The Bertz CT molecular complexity index is 483. The second-order valence-electron chi connectivity index (χ2n) is 3.73. The van der Waals surface area contributed by atoms with Crippen molar-refractivity contribution in [3.8, 4) is 11.4 Å². The largest absolute Gasteiger partial charge is 0.255 e. The fraction of sp³-hybridized carbons (Fsp3) is 0.231. The zero-order chi connectivity index (χ0) is 12.1. The maximum Gasteiger partial charge on any atom is 0.0889 e. The molecule has 2 rings (SSSR count). The maximum atomic E-state index is 4.42. The fourth-order valence-corrected chi connectivity index (χ4v) is 2.02. The van der Waals surface area contributed by atoms with Crippen LogP contribution in [0.2, 0.25) is 0 Å². The Morgan fingerprint density at radius 3 is 2.47 bits per heavy atom. The zero-order valence-electron chi connectivity index (χ0n) is 9.37. The van der Waals surface area contributed by atoms with Crippen LogP contribution in [0, 0.1) is 0 Å². The van der Waals surface area contributed by atoms with Gasteiger partial charge in [-0.05, 0) is 41.5 Å². The Balaban J connectivity index is 2.26. The lowest BCUT2D eigenvalue weighted by Crippen LogP contribution is -1.92. The third-order valence-electron chi connectivity index (χ3n) is 2.49. The van der Waals surface area contributed by atoms with Crippen molar-refractivity contribution in [1.29, 1.82) is 0 Å². The quantitative estimate of drug-likeness (QED) is 0.828. The molecule has 0 spiro atoms. The van der Waals surface area contributed by atoms with E-state index in [1.54, 1.807) is 6.20 Å². The predicted octanol–water partition coefficient (Wildman–Crippen LogP) is 3.05. The van der Waals surface area contributed by atoms with Gasteiger partial charge in [-0.25, -0.2) is 0 Å². The Hall–Kier alpha value is -1.00. The van der Waals surface area contributed by atoms with Crippen LogP contribution in [0.15, 0.2) is 36.7 Å². The van der Waals surface area contributed by atoms with Gasteiger partial charge in [0.25, 0.3) is 0 Å². The molecule has 0 aliphatic carbocycles. The van der Waals surface area contributed by atoms with Gasteiger partial charge >= 0.3 is 0 Å². The van der Waals surface area contributed by atoms with Crippen molar-refractivity contribution in [2.24, 2.45) is 0 Å². The van der Waals surface area contributed by atoms with E-state index in [0.29, 0.717) is 5.75 Å². The molecule has 2 nitrogen and oxygen atoms in total. The van der Waals surface area contributed by atoms with Gasteiger partial charge in [-0.1, -0.05) is 6.07 Å². The molecule has 0 atom stereocenters. The van der Waals surface area contributed by atoms with Crippen LogP contribution in [0.5, 0.6) is 0 Å². The van der Waals surface area contributed by atoms with Crippen molar-refractivity contribution < 1.29 is 0 Å². The molecule has 2 aromatic heterocycles. The number of aryl methyl sites for hydroxylation is 1. The summed E-state index contributed by atoms with van der Waals surface area (Å²) in [5.41, 5.74) is 4.15. The highest BCUT2D eigenvalue weighted by Gasteiger charge is 2.02. The Morgan fingerprint density at radius 2 is 1.82 bits per heavy atom.